The molecule has 3 rings (SSSR count). The van der Waals surface area contributed by atoms with Crippen LogP contribution in [-0.4, -0.2) is 36.7 Å². The molecule has 0 unspecified atom stereocenters. The van der Waals surface area contributed by atoms with Crippen LogP contribution in [0.5, 0.6) is 0 Å². The average molecular weight is 295 g/mol. The minimum Gasteiger partial charge on any atom is -0.379 e. The third kappa shape index (κ3) is 3.57. The lowest BCUT2D eigenvalue weighted by Gasteiger charge is -2.41. The van der Waals surface area contributed by atoms with Gasteiger partial charge in [0.1, 0.15) is 0 Å². The van der Waals surface area contributed by atoms with Gasteiger partial charge in [-0.1, -0.05) is 54.6 Å². The zero-order valence-corrected chi connectivity index (χ0v) is 13.6. The second kappa shape index (κ2) is 6.64. The summed E-state index contributed by atoms with van der Waals surface area (Å²) < 4.78 is 5.47. The van der Waals surface area contributed by atoms with Gasteiger partial charge in [-0.2, -0.15) is 0 Å². The number of hydrogen-bond acceptors (Lipinski definition) is 2. The molecule has 2 aromatic rings. The van der Waals surface area contributed by atoms with E-state index in [0.717, 1.165) is 32.7 Å². The van der Waals surface area contributed by atoms with Crippen LogP contribution in [0, 0.1) is 0 Å². The number of benzene rings is 2. The van der Waals surface area contributed by atoms with Gasteiger partial charge in [-0.3, -0.25) is 4.90 Å². The van der Waals surface area contributed by atoms with E-state index in [0.29, 0.717) is 0 Å². The molecular formula is C20H25NO. The van der Waals surface area contributed by atoms with Crippen LogP contribution in [0.3, 0.4) is 0 Å². The van der Waals surface area contributed by atoms with Gasteiger partial charge < -0.3 is 4.74 Å². The van der Waals surface area contributed by atoms with Crippen molar-refractivity contribution in [3.05, 3.63) is 60.2 Å². The second-order valence-electron chi connectivity index (χ2n) is 6.65. The van der Waals surface area contributed by atoms with E-state index in [1.165, 1.54) is 16.7 Å². The van der Waals surface area contributed by atoms with Crippen LogP contribution in [0.25, 0.3) is 11.1 Å². The van der Waals surface area contributed by atoms with Crippen molar-refractivity contribution in [1.82, 2.24) is 4.90 Å². The van der Waals surface area contributed by atoms with Gasteiger partial charge in [-0.25, -0.2) is 0 Å². The van der Waals surface area contributed by atoms with E-state index in [1.807, 2.05) is 0 Å². The Kier molecular flexibility index (Phi) is 4.60. The summed E-state index contributed by atoms with van der Waals surface area (Å²) in [6, 6.07) is 19.6. The van der Waals surface area contributed by atoms with Crippen molar-refractivity contribution in [2.45, 2.75) is 25.8 Å². The van der Waals surface area contributed by atoms with Crippen LogP contribution >= 0.6 is 0 Å². The first-order valence-electron chi connectivity index (χ1n) is 8.12. The largest absolute Gasteiger partial charge is 0.379 e. The highest BCUT2D eigenvalue weighted by molar-refractivity contribution is 5.63. The van der Waals surface area contributed by atoms with Crippen molar-refractivity contribution in [1.29, 1.82) is 0 Å². The fourth-order valence-corrected chi connectivity index (χ4v) is 3.23. The summed E-state index contributed by atoms with van der Waals surface area (Å²) >= 11 is 0. The molecule has 0 spiro atoms. The number of hydrogen-bond donors (Lipinski definition) is 0. The molecule has 0 bridgehead atoms. The van der Waals surface area contributed by atoms with Crippen molar-refractivity contribution < 1.29 is 4.74 Å². The summed E-state index contributed by atoms with van der Waals surface area (Å²) in [7, 11) is 0. The van der Waals surface area contributed by atoms with Gasteiger partial charge >= 0.3 is 0 Å². The highest BCUT2D eigenvalue weighted by Gasteiger charge is 2.28. The van der Waals surface area contributed by atoms with Crippen molar-refractivity contribution in [3.63, 3.8) is 0 Å². The Morgan fingerprint density at radius 3 is 2.09 bits per heavy atom. The minimum atomic E-state index is 0.179. The molecule has 0 radical (unpaired) electrons. The molecule has 1 aliphatic heterocycles. The van der Waals surface area contributed by atoms with Gasteiger partial charge in [-0.15, -0.1) is 0 Å². The third-order valence-electron chi connectivity index (χ3n) is 4.56. The second-order valence-corrected chi connectivity index (χ2v) is 6.65. The Hall–Kier alpha value is -1.64. The summed E-state index contributed by atoms with van der Waals surface area (Å²) in [5.41, 5.74) is 4.14. The van der Waals surface area contributed by atoms with E-state index in [-0.39, 0.29) is 5.54 Å². The summed E-state index contributed by atoms with van der Waals surface area (Å²) in [4.78, 5) is 2.54. The minimum absolute atomic E-state index is 0.179. The quantitative estimate of drug-likeness (QED) is 0.845. The van der Waals surface area contributed by atoms with Crippen molar-refractivity contribution in [3.8, 4) is 11.1 Å². The molecule has 0 aliphatic carbocycles. The predicted octanol–water partition coefficient (Wildman–Crippen LogP) is 4.01. The molecule has 0 amide bonds. The molecule has 1 saturated heterocycles. The summed E-state index contributed by atoms with van der Waals surface area (Å²) in [6.07, 6.45) is 1.07. The molecule has 0 N–H and O–H groups in total. The van der Waals surface area contributed by atoms with Crippen LogP contribution in [0.2, 0.25) is 0 Å². The van der Waals surface area contributed by atoms with Crippen LogP contribution in [0.1, 0.15) is 19.4 Å². The predicted molar refractivity (Wildman–Crippen MR) is 92.1 cm³/mol. The fourth-order valence-electron chi connectivity index (χ4n) is 3.23. The molecular weight excluding hydrogens is 270 g/mol. The highest BCUT2D eigenvalue weighted by atomic mass is 16.5. The van der Waals surface area contributed by atoms with Crippen molar-refractivity contribution in [2.24, 2.45) is 0 Å². The van der Waals surface area contributed by atoms with E-state index in [4.69, 9.17) is 4.74 Å². The molecule has 116 valence electrons. The molecule has 2 aromatic carbocycles. The molecule has 0 saturated carbocycles. The van der Waals surface area contributed by atoms with Gasteiger partial charge in [0.15, 0.2) is 0 Å². The lowest BCUT2D eigenvalue weighted by atomic mass is 9.91. The van der Waals surface area contributed by atoms with Gasteiger partial charge in [-0.05, 0) is 37.0 Å². The lowest BCUT2D eigenvalue weighted by Crippen LogP contribution is -2.51. The molecule has 22 heavy (non-hydrogen) atoms. The van der Waals surface area contributed by atoms with Crippen LogP contribution < -0.4 is 0 Å². The number of rotatable bonds is 4. The Morgan fingerprint density at radius 1 is 0.864 bits per heavy atom. The smallest absolute Gasteiger partial charge is 0.0594 e. The van der Waals surface area contributed by atoms with Crippen LogP contribution in [0.15, 0.2) is 54.6 Å². The Morgan fingerprint density at radius 2 is 1.45 bits per heavy atom. The van der Waals surface area contributed by atoms with Gasteiger partial charge in [0.2, 0.25) is 0 Å². The van der Waals surface area contributed by atoms with Gasteiger partial charge in [0, 0.05) is 18.6 Å². The lowest BCUT2D eigenvalue weighted by molar-refractivity contribution is -0.00984. The topological polar surface area (TPSA) is 12.5 Å². The maximum atomic E-state index is 5.47. The monoisotopic (exact) mass is 295 g/mol. The van der Waals surface area contributed by atoms with E-state index < -0.39 is 0 Å². The van der Waals surface area contributed by atoms with Crippen molar-refractivity contribution >= 4 is 0 Å². The molecule has 0 aromatic heterocycles. The molecule has 1 heterocycles. The molecule has 0 atom stereocenters. The highest BCUT2D eigenvalue weighted by Crippen LogP contribution is 2.24. The number of ether oxygens (including phenoxy) is 1. The summed E-state index contributed by atoms with van der Waals surface area (Å²) in [5.74, 6) is 0. The first-order valence-corrected chi connectivity index (χ1v) is 8.12. The first kappa shape index (κ1) is 15.3. The van der Waals surface area contributed by atoms with E-state index in [2.05, 4.69) is 73.3 Å². The summed E-state index contributed by atoms with van der Waals surface area (Å²) in [5, 5.41) is 0. The molecule has 1 fully saturated rings. The molecule has 2 nitrogen and oxygen atoms in total. The number of morpholine rings is 1. The first-order chi connectivity index (χ1) is 10.6. The Bertz CT molecular complexity index is 583. The molecule has 1 aliphatic rings. The van der Waals surface area contributed by atoms with Crippen LogP contribution in [-0.2, 0) is 11.2 Å². The normalized spacial score (nSPS) is 16.6. The van der Waals surface area contributed by atoms with Crippen LogP contribution in [0.4, 0.5) is 0 Å². The van der Waals surface area contributed by atoms with Crippen molar-refractivity contribution in [2.75, 3.05) is 26.3 Å². The van der Waals surface area contributed by atoms with E-state index >= 15 is 0 Å². The zero-order chi connectivity index (χ0) is 15.4. The zero-order valence-electron chi connectivity index (χ0n) is 13.6. The molecule has 2 heteroatoms. The Labute approximate surface area is 133 Å². The van der Waals surface area contributed by atoms with E-state index in [1.54, 1.807) is 0 Å². The average Bonchev–Trinajstić information content (AvgIpc) is 2.57. The maximum absolute atomic E-state index is 5.47. The van der Waals surface area contributed by atoms with Gasteiger partial charge in [0.25, 0.3) is 0 Å². The fraction of sp³-hybridized carbons (Fsp3) is 0.400. The number of nitrogens with zero attached hydrogens (tertiary/aromatic N) is 1. The standard InChI is InChI=1S/C20H25NO/c1-20(2,21-12-14-22-15-13-21)16-17-8-10-19(11-9-17)18-6-4-3-5-7-18/h3-11H,12-16H2,1-2H3. The summed E-state index contributed by atoms with van der Waals surface area (Å²) in [6.45, 7) is 8.46. The van der Waals surface area contributed by atoms with Gasteiger partial charge in [0.05, 0.1) is 13.2 Å². The third-order valence-corrected chi connectivity index (χ3v) is 4.56. The van der Waals surface area contributed by atoms with E-state index in [9.17, 15) is 0 Å². The Balaban J connectivity index is 1.70. The SMILES string of the molecule is CC(C)(Cc1ccc(-c2ccccc2)cc1)N1CCOCC1. The maximum Gasteiger partial charge on any atom is 0.0594 e.